The van der Waals surface area contributed by atoms with E-state index in [-0.39, 0.29) is 35.7 Å². The summed E-state index contributed by atoms with van der Waals surface area (Å²) in [5, 5.41) is 21.3. The molecule has 1 aromatic heterocycles. The van der Waals surface area contributed by atoms with Crippen LogP contribution in [0.25, 0.3) is 0 Å². The summed E-state index contributed by atoms with van der Waals surface area (Å²) in [4.78, 5) is 21.1. The van der Waals surface area contributed by atoms with Crippen molar-refractivity contribution in [3.8, 4) is 0 Å². The fraction of sp³-hybridized carbons (Fsp3) is 0.368. The molecule has 0 spiro atoms. The van der Waals surface area contributed by atoms with Gasteiger partial charge in [-0.1, -0.05) is 11.6 Å². The SMILES string of the molecule is CN=C(NCCNc1ccc([N+](=O)[O-])cc1)NC1CCN(c2ncccc2Cl)C1.I. The first-order valence-corrected chi connectivity index (χ1v) is 9.75. The van der Waals surface area contributed by atoms with E-state index in [1.807, 2.05) is 12.1 Å². The van der Waals surface area contributed by atoms with Crippen molar-refractivity contribution in [2.24, 2.45) is 4.99 Å². The van der Waals surface area contributed by atoms with Gasteiger partial charge in [-0.05, 0) is 30.7 Å². The van der Waals surface area contributed by atoms with Crippen LogP contribution in [0.1, 0.15) is 6.42 Å². The summed E-state index contributed by atoms with van der Waals surface area (Å²) in [6, 6.07) is 10.3. The van der Waals surface area contributed by atoms with E-state index in [9.17, 15) is 10.1 Å². The summed E-state index contributed by atoms with van der Waals surface area (Å²) < 4.78 is 0. The number of pyridine rings is 1. The number of aliphatic imine (C=N–C) groups is 1. The largest absolute Gasteiger partial charge is 0.383 e. The Morgan fingerprint density at radius 3 is 2.77 bits per heavy atom. The molecule has 162 valence electrons. The first-order chi connectivity index (χ1) is 14.1. The molecule has 0 bridgehead atoms. The molecule has 3 rings (SSSR count). The number of benzene rings is 1. The molecule has 11 heteroatoms. The Morgan fingerprint density at radius 1 is 1.33 bits per heavy atom. The maximum Gasteiger partial charge on any atom is 0.269 e. The lowest BCUT2D eigenvalue weighted by atomic mass is 10.3. The number of nitro groups is 1. The molecular weight excluding hydrogens is 521 g/mol. The molecule has 30 heavy (non-hydrogen) atoms. The second-order valence-corrected chi connectivity index (χ2v) is 7.02. The molecule has 1 fully saturated rings. The molecular formula is C19H25ClIN7O2. The number of halogens is 2. The molecule has 0 saturated carbocycles. The number of rotatable bonds is 7. The maximum atomic E-state index is 10.7. The van der Waals surface area contributed by atoms with Crippen LogP contribution in [0.4, 0.5) is 17.2 Å². The second-order valence-electron chi connectivity index (χ2n) is 6.61. The van der Waals surface area contributed by atoms with Crippen LogP contribution in [0.15, 0.2) is 47.6 Å². The highest BCUT2D eigenvalue weighted by molar-refractivity contribution is 14.0. The van der Waals surface area contributed by atoms with Gasteiger partial charge in [-0.2, -0.15) is 0 Å². The zero-order valence-electron chi connectivity index (χ0n) is 16.5. The molecule has 1 aromatic carbocycles. The van der Waals surface area contributed by atoms with Crippen molar-refractivity contribution in [2.45, 2.75) is 12.5 Å². The number of non-ortho nitro benzene ring substituents is 1. The average molecular weight is 546 g/mol. The summed E-state index contributed by atoms with van der Waals surface area (Å²) in [5.41, 5.74) is 0.912. The molecule has 9 nitrogen and oxygen atoms in total. The van der Waals surface area contributed by atoms with Gasteiger partial charge in [-0.25, -0.2) is 4.98 Å². The summed E-state index contributed by atoms with van der Waals surface area (Å²) in [7, 11) is 1.74. The molecule has 1 aliphatic rings. The fourth-order valence-corrected chi connectivity index (χ4v) is 3.40. The van der Waals surface area contributed by atoms with Crippen LogP contribution in [0.3, 0.4) is 0 Å². The van der Waals surface area contributed by atoms with Crippen molar-refractivity contribution >= 4 is 58.7 Å². The minimum atomic E-state index is -0.410. The van der Waals surface area contributed by atoms with Gasteiger partial charge in [0, 0.05) is 63.3 Å². The average Bonchev–Trinajstić information content (AvgIpc) is 3.19. The highest BCUT2D eigenvalue weighted by atomic mass is 127. The summed E-state index contributed by atoms with van der Waals surface area (Å²) in [6.07, 6.45) is 2.72. The molecule has 3 N–H and O–H groups in total. The molecule has 1 unspecified atom stereocenters. The lowest BCUT2D eigenvalue weighted by Crippen LogP contribution is -2.45. The highest BCUT2D eigenvalue weighted by Gasteiger charge is 2.25. The van der Waals surface area contributed by atoms with Gasteiger partial charge in [0.05, 0.1) is 9.95 Å². The van der Waals surface area contributed by atoms with Crippen LogP contribution >= 0.6 is 35.6 Å². The van der Waals surface area contributed by atoms with Crippen molar-refractivity contribution in [1.82, 2.24) is 15.6 Å². The Bertz CT molecular complexity index is 866. The van der Waals surface area contributed by atoms with Crippen LogP contribution < -0.4 is 20.9 Å². The van der Waals surface area contributed by atoms with Crippen LogP contribution in [-0.4, -0.2) is 55.1 Å². The molecule has 2 aromatic rings. The smallest absolute Gasteiger partial charge is 0.269 e. The molecule has 0 radical (unpaired) electrons. The quantitative estimate of drug-likeness (QED) is 0.123. The van der Waals surface area contributed by atoms with Crippen molar-refractivity contribution in [3.63, 3.8) is 0 Å². The van der Waals surface area contributed by atoms with E-state index < -0.39 is 4.92 Å². The normalized spacial score (nSPS) is 16.0. The zero-order valence-corrected chi connectivity index (χ0v) is 19.6. The van der Waals surface area contributed by atoms with Crippen LogP contribution in [0.5, 0.6) is 0 Å². The number of anilines is 2. The van der Waals surface area contributed by atoms with E-state index in [1.165, 1.54) is 12.1 Å². The van der Waals surface area contributed by atoms with Crippen LogP contribution in [0, 0.1) is 10.1 Å². The molecule has 2 heterocycles. The summed E-state index contributed by atoms with van der Waals surface area (Å²) in [5.74, 6) is 1.54. The Balaban J connectivity index is 0.00000320. The molecule has 0 aliphatic carbocycles. The van der Waals surface area contributed by atoms with E-state index in [0.29, 0.717) is 18.1 Å². The van der Waals surface area contributed by atoms with Gasteiger partial charge in [0.25, 0.3) is 5.69 Å². The Hall–Kier alpha value is -2.34. The van der Waals surface area contributed by atoms with E-state index in [1.54, 1.807) is 25.4 Å². The van der Waals surface area contributed by atoms with E-state index in [0.717, 1.165) is 37.0 Å². The lowest BCUT2D eigenvalue weighted by Gasteiger charge is -2.20. The number of nitrogens with zero attached hydrogens (tertiary/aromatic N) is 4. The Kier molecular flexibility index (Phi) is 9.37. The maximum absolute atomic E-state index is 10.7. The van der Waals surface area contributed by atoms with Gasteiger partial charge in [0.1, 0.15) is 5.82 Å². The molecule has 1 aliphatic heterocycles. The number of nitrogens with one attached hydrogen (secondary N) is 3. The Morgan fingerprint density at radius 2 is 2.10 bits per heavy atom. The Labute approximate surface area is 197 Å². The third-order valence-corrected chi connectivity index (χ3v) is 4.91. The van der Waals surface area contributed by atoms with Gasteiger partial charge >= 0.3 is 0 Å². The summed E-state index contributed by atoms with van der Waals surface area (Å²) >= 11 is 6.24. The van der Waals surface area contributed by atoms with E-state index >= 15 is 0 Å². The zero-order chi connectivity index (χ0) is 20.6. The molecule has 1 atom stereocenters. The van der Waals surface area contributed by atoms with Crippen molar-refractivity contribution in [1.29, 1.82) is 0 Å². The molecule has 0 amide bonds. The number of hydrogen-bond acceptors (Lipinski definition) is 6. The lowest BCUT2D eigenvalue weighted by molar-refractivity contribution is -0.384. The first kappa shape index (κ1) is 23.9. The number of aromatic nitrogens is 1. The van der Waals surface area contributed by atoms with Crippen molar-refractivity contribution in [2.75, 3.05) is 43.4 Å². The minimum absolute atomic E-state index is 0. The van der Waals surface area contributed by atoms with Crippen molar-refractivity contribution < 1.29 is 4.92 Å². The van der Waals surface area contributed by atoms with E-state index in [2.05, 4.69) is 30.8 Å². The topological polar surface area (TPSA) is 108 Å². The minimum Gasteiger partial charge on any atom is -0.383 e. The molecule has 1 saturated heterocycles. The van der Waals surface area contributed by atoms with Gasteiger partial charge in [0.2, 0.25) is 0 Å². The standard InChI is InChI=1S/C19H24ClN7O2.HI/c1-21-19(24-11-10-22-14-4-6-16(7-5-14)27(28)29)25-15-8-12-26(13-15)18-17(20)3-2-9-23-18;/h2-7,9,15,22H,8,10-13H2,1H3,(H2,21,24,25);1H. The monoisotopic (exact) mass is 545 g/mol. The highest BCUT2D eigenvalue weighted by Crippen LogP contribution is 2.25. The van der Waals surface area contributed by atoms with Crippen molar-refractivity contribution in [3.05, 3.63) is 57.7 Å². The summed E-state index contributed by atoms with van der Waals surface area (Å²) in [6.45, 7) is 2.99. The third-order valence-electron chi connectivity index (χ3n) is 4.62. The number of hydrogen-bond donors (Lipinski definition) is 3. The van der Waals surface area contributed by atoms with Gasteiger partial charge in [-0.15, -0.1) is 24.0 Å². The number of nitro benzene ring substituents is 1. The van der Waals surface area contributed by atoms with Gasteiger partial charge in [0.15, 0.2) is 5.96 Å². The van der Waals surface area contributed by atoms with Gasteiger partial charge < -0.3 is 20.9 Å². The van der Waals surface area contributed by atoms with Gasteiger partial charge in [-0.3, -0.25) is 15.1 Å². The predicted molar refractivity (Wildman–Crippen MR) is 131 cm³/mol. The third kappa shape index (κ3) is 6.59. The van der Waals surface area contributed by atoms with Crippen LogP contribution in [0.2, 0.25) is 5.02 Å². The predicted octanol–water partition coefficient (Wildman–Crippen LogP) is 3.12. The fourth-order valence-electron chi connectivity index (χ4n) is 3.16. The number of guanidine groups is 1. The second kappa shape index (κ2) is 11.7. The first-order valence-electron chi connectivity index (χ1n) is 9.38. The van der Waals surface area contributed by atoms with E-state index in [4.69, 9.17) is 11.6 Å². The van der Waals surface area contributed by atoms with Crippen LogP contribution in [-0.2, 0) is 0 Å².